The summed E-state index contributed by atoms with van der Waals surface area (Å²) in [5.41, 5.74) is 2.04. The van der Waals surface area contributed by atoms with Gasteiger partial charge >= 0.3 is 0 Å². The van der Waals surface area contributed by atoms with E-state index in [1.165, 1.54) is 0 Å². The molecule has 0 atom stereocenters. The Morgan fingerprint density at radius 3 is 3.00 bits per heavy atom. The fourth-order valence-corrected chi connectivity index (χ4v) is 2.17. The number of pyridine rings is 1. The van der Waals surface area contributed by atoms with E-state index in [1.54, 1.807) is 4.90 Å². The molecule has 0 saturated carbocycles. The molecule has 104 valence electrons. The van der Waals surface area contributed by atoms with E-state index >= 15 is 0 Å². The van der Waals surface area contributed by atoms with Crippen LogP contribution in [0, 0.1) is 0 Å². The molecule has 0 radical (unpaired) electrons. The third-order valence-electron chi connectivity index (χ3n) is 3.34. The lowest BCUT2D eigenvalue weighted by atomic mass is 10.3. The lowest BCUT2D eigenvalue weighted by Gasteiger charge is -2.22. The number of nitrogens with zero attached hydrogens (tertiary/aromatic N) is 3. The van der Waals surface area contributed by atoms with Crippen molar-refractivity contribution in [2.75, 3.05) is 43.4 Å². The molecule has 1 aliphatic rings. The lowest BCUT2D eigenvalue weighted by molar-refractivity contribution is -0.127. The van der Waals surface area contributed by atoms with Crippen LogP contribution in [0.25, 0.3) is 0 Å². The summed E-state index contributed by atoms with van der Waals surface area (Å²) in [6.45, 7) is 5.24. The molecule has 1 N–H and O–H groups in total. The van der Waals surface area contributed by atoms with E-state index in [0.717, 1.165) is 43.9 Å². The van der Waals surface area contributed by atoms with Crippen molar-refractivity contribution in [3.8, 4) is 0 Å². The van der Waals surface area contributed by atoms with Crippen molar-refractivity contribution in [3.05, 3.63) is 18.5 Å². The number of carbonyl (C=O) groups is 1. The molecule has 1 amide bonds. The molecule has 1 saturated heterocycles. The van der Waals surface area contributed by atoms with Crippen LogP contribution in [0.5, 0.6) is 0 Å². The lowest BCUT2D eigenvalue weighted by Crippen LogP contribution is -2.34. The van der Waals surface area contributed by atoms with Gasteiger partial charge in [0, 0.05) is 26.7 Å². The first-order valence-corrected chi connectivity index (χ1v) is 6.88. The number of nitrogens with one attached hydrogen (secondary N) is 1. The van der Waals surface area contributed by atoms with Crippen molar-refractivity contribution in [1.82, 2.24) is 9.88 Å². The maximum absolute atomic E-state index is 11.9. The molecule has 19 heavy (non-hydrogen) atoms. The number of rotatable bonds is 4. The number of likely N-dealkylation sites (N-methyl/N-ethyl adjacent to an activating group) is 1. The van der Waals surface area contributed by atoms with Gasteiger partial charge in [0.25, 0.3) is 0 Å². The molecule has 0 spiro atoms. The zero-order valence-electron chi connectivity index (χ0n) is 11.7. The number of hydrogen-bond donors (Lipinski definition) is 1. The van der Waals surface area contributed by atoms with Gasteiger partial charge in [-0.2, -0.15) is 0 Å². The standard InChI is InChI=1S/C14H22N4O/c1-3-5-16-12-8-13(10-15-9-12)18-7-4-6-17(2)14(19)11-18/h8-10,16H,3-7,11H2,1-2H3. The van der Waals surface area contributed by atoms with Crippen LogP contribution >= 0.6 is 0 Å². The fourth-order valence-electron chi connectivity index (χ4n) is 2.17. The summed E-state index contributed by atoms with van der Waals surface area (Å²) in [7, 11) is 1.86. The van der Waals surface area contributed by atoms with Crippen LogP contribution in [0.15, 0.2) is 18.5 Å². The van der Waals surface area contributed by atoms with Crippen LogP contribution < -0.4 is 10.2 Å². The van der Waals surface area contributed by atoms with Crippen LogP contribution in [0.3, 0.4) is 0 Å². The summed E-state index contributed by atoms with van der Waals surface area (Å²) >= 11 is 0. The van der Waals surface area contributed by atoms with E-state index in [0.29, 0.717) is 6.54 Å². The quantitative estimate of drug-likeness (QED) is 0.895. The minimum Gasteiger partial charge on any atom is -0.384 e. The molecule has 5 heteroatoms. The third kappa shape index (κ3) is 3.59. The van der Waals surface area contributed by atoms with Crippen LogP contribution in [0.4, 0.5) is 11.4 Å². The van der Waals surface area contributed by atoms with E-state index < -0.39 is 0 Å². The van der Waals surface area contributed by atoms with Crippen molar-refractivity contribution >= 4 is 17.3 Å². The molecule has 5 nitrogen and oxygen atoms in total. The van der Waals surface area contributed by atoms with Crippen LogP contribution in [-0.4, -0.2) is 49.0 Å². The summed E-state index contributed by atoms with van der Waals surface area (Å²) < 4.78 is 0. The Hall–Kier alpha value is -1.78. The van der Waals surface area contributed by atoms with Gasteiger partial charge in [0.2, 0.25) is 5.91 Å². The summed E-state index contributed by atoms with van der Waals surface area (Å²) in [4.78, 5) is 20.1. The third-order valence-corrected chi connectivity index (χ3v) is 3.34. The largest absolute Gasteiger partial charge is 0.384 e. The SMILES string of the molecule is CCCNc1cncc(N2CCCN(C)C(=O)C2)c1. The first-order valence-electron chi connectivity index (χ1n) is 6.88. The fraction of sp³-hybridized carbons (Fsp3) is 0.571. The van der Waals surface area contributed by atoms with Crippen LogP contribution in [0.2, 0.25) is 0 Å². The van der Waals surface area contributed by atoms with Gasteiger partial charge in [-0.3, -0.25) is 9.78 Å². The van der Waals surface area contributed by atoms with Crippen LogP contribution in [-0.2, 0) is 4.79 Å². The Morgan fingerprint density at radius 1 is 1.37 bits per heavy atom. The minimum atomic E-state index is 0.171. The molecule has 0 unspecified atom stereocenters. The molecule has 1 aromatic heterocycles. The maximum Gasteiger partial charge on any atom is 0.241 e. The molecule has 2 rings (SSSR count). The second-order valence-electron chi connectivity index (χ2n) is 4.95. The predicted octanol–water partition coefficient (Wildman–Crippen LogP) is 1.57. The molecule has 1 fully saturated rings. The second-order valence-corrected chi connectivity index (χ2v) is 4.95. The molecule has 0 aromatic carbocycles. The number of amides is 1. The molecule has 0 bridgehead atoms. The first kappa shape index (κ1) is 13.6. The smallest absolute Gasteiger partial charge is 0.241 e. The van der Waals surface area contributed by atoms with Gasteiger partial charge in [-0.15, -0.1) is 0 Å². The normalized spacial score (nSPS) is 16.4. The van der Waals surface area contributed by atoms with E-state index in [9.17, 15) is 4.79 Å². The van der Waals surface area contributed by atoms with Gasteiger partial charge < -0.3 is 15.1 Å². The number of anilines is 2. The van der Waals surface area contributed by atoms with Gasteiger partial charge in [0.05, 0.1) is 30.3 Å². The first-order chi connectivity index (χ1) is 9.20. The summed E-state index contributed by atoms with van der Waals surface area (Å²) in [6.07, 6.45) is 5.73. The van der Waals surface area contributed by atoms with Crippen molar-refractivity contribution in [2.45, 2.75) is 19.8 Å². The number of aromatic nitrogens is 1. The highest BCUT2D eigenvalue weighted by Crippen LogP contribution is 2.19. The monoisotopic (exact) mass is 262 g/mol. The Balaban J connectivity index is 2.09. The van der Waals surface area contributed by atoms with E-state index in [2.05, 4.69) is 28.2 Å². The summed E-state index contributed by atoms with van der Waals surface area (Å²) in [6, 6.07) is 2.07. The zero-order chi connectivity index (χ0) is 13.7. The zero-order valence-corrected chi connectivity index (χ0v) is 11.7. The van der Waals surface area contributed by atoms with Gasteiger partial charge in [-0.25, -0.2) is 0 Å². The Bertz CT molecular complexity index is 435. The Kier molecular flexibility index (Phi) is 4.60. The van der Waals surface area contributed by atoms with E-state index in [-0.39, 0.29) is 5.91 Å². The molecule has 0 aliphatic carbocycles. The predicted molar refractivity (Wildman–Crippen MR) is 77.5 cm³/mol. The highest BCUT2D eigenvalue weighted by Gasteiger charge is 2.19. The molecular weight excluding hydrogens is 240 g/mol. The average Bonchev–Trinajstić information content (AvgIpc) is 2.59. The highest BCUT2D eigenvalue weighted by atomic mass is 16.2. The number of carbonyl (C=O) groups excluding carboxylic acids is 1. The Labute approximate surface area is 114 Å². The molecule has 2 heterocycles. The van der Waals surface area contributed by atoms with Gasteiger partial charge in [-0.1, -0.05) is 6.92 Å². The maximum atomic E-state index is 11.9. The van der Waals surface area contributed by atoms with Crippen molar-refractivity contribution in [3.63, 3.8) is 0 Å². The molecule has 1 aliphatic heterocycles. The Morgan fingerprint density at radius 2 is 2.21 bits per heavy atom. The van der Waals surface area contributed by atoms with Gasteiger partial charge in [0.1, 0.15) is 0 Å². The van der Waals surface area contributed by atoms with E-state index in [4.69, 9.17) is 0 Å². The minimum absolute atomic E-state index is 0.171. The highest BCUT2D eigenvalue weighted by molar-refractivity contribution is 5.81. The van der Waals surface area contributed by atoms with Gasteiger partial charge in [0.15, 0.2) is 0 Å². The van der Waals surface area contributed by atoms with Crippen LogP contribution in [0.1, 0.15) is 19.8 Å². The van der Waals surface area contributed by atoms with E-state index in [1.807, 2.05) is 19.4 Å². The van der Waals surface area contributed by atoms with Crippen molar-refractivity contribution in [2.24, 2.45) is 0 Å². The summed E-state index contributed by atoms with van der Waals surface area (Å²) in [5, 5.41) is 3.32. The molecule has 1 aromatic rings. The van der Waals surface area contributed by atoms with Gasteiger partial charge in [-0.05, 0) is 18.9 Å². The second kappa shape index (κ2) is 6.41. The molecular formula is C14H22N4O. The van der Waals surface area contributed by atoms with Crippen molar-refractivity contribution < 1.29 is 4.79 Å². The average molecular weight is 262 g/mol. The summed E-state index contributed by atoms with van der Waals surface area (Å²) in [5.74, 6) is 0.171. The topological polar surface area (TPSA) is 48.5 Å². The van der Waals surface area contributed by atoms with Crippen molar-refractivity contribution in [1.29, 1.82) is 0 Å². The number of hydrogen-bond acceptors (Lipinski definition) is 4.